The molecule has 152 valence electrons. The van der Waals surface area contributed by atoms with Crippen molar-refractivity contribution >= 4 is 11.9 Å². The van der Waals surface area contributed by atoms with Crippen LogP contribution in [-0.2, 0) is 22.3 Å². The van der Waals surface area contributed by atoms with E-state index in [1.807, 2.05) is 0 Å². The number of rotatable bonds is 3. The van der Waals surface area contributed by atoms with E-state index in [-0.39, 0.29) is 23.9 Å². The van der Waals surface area contributed by atoms with Crippen LogP contribution < -0.4 is 10.6 Å². The van der Waals surface area contributed by atoms with Gasteiger partial charge in [-0.25, -0.2) is 4.79 Å². The number of carboxylic acids is 1. The summed E-state index contributed by atoms with van der Waals surface area (Å²) in [5.74, 6) is -3.02. The Morgan fingerprint density at radius 2 is 1.59 bits per heavy atom. The predicted molar refractivity (Wildman–Crippen MR) is 82.6 cm³/mol. The Labute approximate surface area is 150 Å². The molecule has 0 bridgehead atoms. The van der Waals surface area contributed by atoms with Crippen molar-refractivity contribution in [3.05, 3.63) is 35.4 Å². The van der Waals surface area contributed by atoms with Gasteiger partial charge in [0.25, 0.3) is 0 Å². The lowest BCUT2D eigenvalue weighted by molar-refractivity contribution is -0.192. The molecule has 1 saturated heterocycles. The molecule has 3 N–H and O–H groups in total. The van der Waals surface area contributed by atoms with Gasteiger partial charge in [0.1, 0.15) is 0 Å². The van der Waals surface area contributed by atoms with Crippen LogP contribution in [0.4, 0.5) is 26.3 Å². The second kappa shape index (κ2) is 9.58. The summed E-state index contributed by atoms with van der Waals surface area (Å²) in [7, 11) is 0. The maximum atomic E-state index is 12.8. The normalized spacial score (nSPS) is 15.5. The molecule has 1 aliphatic rings. The average Bonchev–Trinajstić information content (AvgIpc) is 2.59. The van der Waals surface area contributed by atoms with E-state index in [2.05, 4.69) is 10.6 Å². The van der Waals surface area contributed by atoms with Gasteiger partial charge >= 0.3 is 18.3 Å². The van der Waals surface area contributed by atoms with Crippen molar-refractivity contribution in [1.29, 1.82) is 0 Å². The minimum Gasteiger partial charge on any atom is -0.475 e. The van der Waals surface area contributed by atoms with Crippen LogP contribution in [0.25, 0.3) is 0 Å². The molecule has 1 aliphatic heterocycles. The molecule has 27 heavy (non-hydrogen) atoms. The van der Waals surface area contributed by atoms with Crippen LogP contribution in [0.5, 0.6) is 0 Å². The van der Waals surface area contributed by atoms with Crippen LogP contribution >= 0.6 is 0 Å². The summed E-state index contributed by atoms with van der Waals surface area (Å²) >= 11 is 0. The van der Waals surface area contributed by atoms with Crippen LogP contribution in [0.1, 0.15) is 24.0 Å². The molecule has 11 heteroatoms. The number of hydrogen-bond acceptors (Lipinski definition) is 3. The van der Waals surface area contributed by atoms with Crippen molar-refractivity contribution in [2.45, 2.75) is 31.7 Å². The van der Waals surface area contributed by atoms with Gasteiger partial charge in [-0.05, 0) is 37.6 Å². The highest BCUT2D eigenvalue weighted by Gasteiger charge is 2.38. The highest BCUT2D eigenvalue weighted by atomic mass is 19.4. The molecule has 0 radical (unpaired) electrons. The topological polar surface area (TPSA) is 78.4 Å². The Morgan fingerprint density at radius 3 is 2.07 bits per heavy atom. The Balaban J connectivity index is 0.000000445. The molecule has 1 aromatic carbocycles. The van der Waals surface area contributed by atoms with Crippen LogP contribution in [0.3, 0.4) is 0 Å². The van der Waals surface area contributed by atoms with Crippen molar-refractivity contribution in [2.24, 2.45) is 5.92 Å². The molecule has 0 aliphatic carbocycles. The van der Waals surface area contributed by atoms with Crippen LogP contribution in [0.2, 0.25) is 0 Å². The number of carboxylic acid groups (broad SMARTS) is 1. The molecule has 1 aromatic rings. The largest absolute Gasteiger partial charge is 0.490 e. The van der Waals surface area contributed by atoms with Gasteiger partial charge < -0.3 is 15.7 Å². The fraction of sp³-hybridized carbons (Fsp3) is 0.500. The average molecular weight is 400 g/mol. The van der Waals surface area contributed by atoms with Crippen molar-refractivity contribution < 1.29 is 41.0 Å². The Bertz CT molecular complexity index is 640. The van der Waals surface area contributed by atoms with E-state index in [9.17, 15) is 31.1 Å². The summed E-state index contributed by atoms with van der Waals surface area (Å²) in [6.45, 7) is 1.47. The molecular weight excluding hydrogens is 382 g/mol. The lowest BCUT2D eigenvalue weighted by Gasteiger charge is -2.22. The van der Waals surface area contributed by atoms with Crippen LogP contribution in [0, 0.1) is 5.92 Å². The molecule has 0 aromatic heterocycles. The van der Waals surface area contributed by atoms with Gasteiger partial charge in [-0.3, -0.25) is 4.79 Å². The van der Waals surface area contributed by atoms with E-state index >= 15 is 0 Å². The number of benzene rings is 1. The van der Waals surface area contributed by atoms with Crippen LogP contribution in [0.15, 0.2) is 24.3 Å². The highest BCUT2D eigenvalue weighted by Crippen LogP contribution is 2.31. The van der Waals surface area contributed by atoms with Crippen molar-refractivity contribution in [2.75, 3.05) is 13.1 Å². The smallest absolute Gasteiger partial charge is 0.475 e. The summed E-state index contributed by atoms with van der Waals surface area (Å²) in [5.41, 5.74) is -0.590. The number of hydrogen-bond donors (Lipinski definition) is 3. The number of halogens is 6. The third-order valence-corrected chi connectivity index (χ3v) is 3.73. The monoisotopic (exact) mass is 400 g/mol. The molecule has 0 unspecified atom stereocenters. The fourth-order valence-corrected chi connectivity index (χ4v) is 2.36. The molecule has 0 spiro atoms. The van der Waals surface area contributed by atoms with E-state index in [1.165, 1.54) is 12.1 Å². The van der Waals surface area contributed by atoms with E-state index in [1.54, 1.807) is 6.07 Å². The standard InChI is InChI=1S/C14H17F3N2O.C2HF3O2/c15-14(16,17)12-4-2-1-3-11(12)9-19-13(20)10-5-7-18-8-6-10;3-2(4,5)1(6)7/h1-4,10,18H,5-9H2,(H,19,20);(H,6,7). The number of carbonyl (C=O) groups excluding carboxylic acids is 1. The molecule has 0 atom stereocenters. The second-order valence-electron chi connectivity index (χ2n) is 5.70. The zero-order valence-electron chi connectivity index (χ0n) is 14.0. The Kier molecular flexibility index (Phi) is 8.07. The van der Waals surface area contributed by atoms with E-state index in [0.29, 0.717) is 0 Å². The number of alkyl halides is 6. The lowest BCUT2D eigenvalue weighted by Crippen LogP contribution is -2.38. The third-order valence-electron chi connectivity index (χ3n) is 3.73. The van der Waals surface area contributed by atoms with Crippen LogP contribution in [-0.4, -0.2) is 36.2 Å². The second-order valence-corrected chi connectivity index (χ2v) is 5.70. The molecule has 1 heterocycles. The Hall–Kier alpha value is -2.30. The van der Waals surface area contributed by atoms with Gasteiger partial charge in [0.05, 0.1) is 5.56 Å². The first-order valence-corrected chi connectivity index (χ1v) is 7.86. The summed E-state index contributed by atoms with van der Waals surface area (Å²) in [4.78, 5) is 20.8. The SMILES string of the molecule is O=C(NCc1ccccc1C(F)(F)F)C1CCNCC1.O=C(O)C(F)(F)F. The minimum absolute atomic E-state index is 0.0849. The number of aliphatic carboxylic acids is 1. The van der Waals surface area contributed by atoms with Crippen molar-refractivity contribution in [1.82, 2.24) is 10.6 Å². The summed E-state index contributed by atoms with van der Waals surface area (Å²) in [5, 5.41) is 12.9. The van der Waals surface area contributed by atoms with Gasteiger partial charge in [-0.15, -0.1) is 0 Å². The first kappa shape index (κ1) is 22.7. The number of piperidine rings is 1. The maximum absolute atomic E-state index is 12.8. The summed E-state index contributed by atoms with van der Waals surface area (Å²) < 4.78 is 70.2. The number of carbonyl (C=O) groups is 2. The van der Waals surface area contributed by atoms with E-state index in [4.69, 9.17) is 9.90 Å². The molecule has 1 amide bonds. The molecule has 1 fully saturated rings. The van der Waals surface area contributed by atoms with E-state index < -0.39 is 23.9 Å². The minimum atomic E-state index is -5.08. The van der Waals surface area contributed by atoms with Crippen molar-refractivity contribution in [3.63, 3.8) is 0 Å². The number of amides is 1. The lowest BCUT2D eigenvalue weighted by atomic mass is 9.97. The van der Waals surface area contributed by atoms with E-state index in [0.717, 1.165) is 32.0 Å². The molecular formula is C16H18F6N2O3. The first-order valence-electron chi connectivity index (χ1n) is 7.86. The fourth-order valence-electron chi connectivity index (χ4n) is 2.36. The zero-order chi connectivity index (χ0) is 20.7. The van der Waals surface area contributed by atoms with Gasteiger partial charge in [0.15, 0.2) is 0 Å². The van der Waals surface area contributed by atoms with Gasteiger partial charge in [0, 0.05) is 12.5 Å². The summed E-state index contributed by atoms with van der Waals surface area (Å²) in [6.07, 6.45) is -8.02. The zero-order valence-corrected chi connectivity index (χ0v) is 14.0. The predicted octanol–water partition coefficient (Wildman–Crippen LogP) is 2.95. The van der Waals surface area contributed by atoms with Gasteiger partial charge in [-0.2, -0.15) is 26.3 Å². The first-order chi connectivity index (χ1) is 12.4. The molecule has 0 saturated carbocycles. The number of nitrogens with one attached hydrogen (secondary N) is 2. The van der Waals surface area contributed by atoms with Gasteiger partial charge in [0.2, 0.25) is 5.91 Å². The maximum Gasteiger partial charge on any atom is 0.490 e. The van der Waals surface area contributed by atoms with Crippen molar-refractivity contribution in [3.8, 4) is 0 Å². The highest BCUT2D eigenvalue weighted by molar-refractivity contribution is 5.78. The third kappa shape index (κ3) is 7.85. The molecule has 2 rings (SSSR count). The summed E-state index contributed by atoms with van der Waals surface area (Å²) in [6, 6.07) is 5.32. The van der Waals surface area contributed by atoms with Gasteiger partial charge in [-0.1, -0.05) is 18.2 Å². The Morgan fingerprint density at radius 1 is 1.07 bits per heavy atom. The quantitative estimate of drug-likeness (QED) is 0.682. The molecule has 5 nitrogen and oxygen atoms in total.